The second-order valence-corrected chi connectivity index (χ2v) is 6.54. The van der Waals surface area contributed by atoms with E-state index >= 15 is 0 Å². The van der Waals surface area contributed by atoms with E-state index < -0.39 is 41.7 Å². The summed E-state index contributed by atoms with van der Waals surface area (Å²) >= 11 is 0. The van der Waals surface area contributed by atoms with Crippen molar-refractivity contribution >= 4 is 13.1 Å². The van der Waals surface area contributed by atoms with Gasteiger partial charge in [-0.15, -0.1) is 0 Å². The second kappa shape index (κ2) is 5.55. The van der Waals surface area contributed by atoms with Crippen LogP contribution in [0, 0.1) is 5.82 Å². The highest BCUT2D eigenvalue weighted by Gasteiger charge is 2.54. The molecule has 0 saturated carbocycles. The minimum Gasteiger partial charge on any atom is -0.505 e. The highest BCUT2D eigenvalue weighted by Crippen LogP contribution is 2.42. The summed E-state index contributed by atoms with van der Waals surface area (Å²) in [6.07, 6.45) is -0.263. The molecule has 7 heteroatoms. The van der Waals surface area contributed by atoms with E-state index in [0.29, 0.717) is 5.56 Å². The van der Waals surface area contributed by atoms with E-state index in [-0.39, 0.29) is 6.42 Å². The fourth-order valence-corrected chi connectivity index (χ4v) is 2.37. The molecule has 1 fully saturated rings. The second-order valence-electron chi connectivity index (χ2n) is 6.54. The molecule has 1 aromatic rings. The predicted molar refractivity (Wildman–Crippen MR) is 79.1 cm³/mol. The SMILES string of the molecule is CC1(C)OB(C(CC(=O)O)c2ccc(O)c(F)c2)OC1(C)C. The largest absolute Gasteiger partial charge is 0.505 e. The summed E-state index contributed by atoms with van der Waals surface area (Å²) in [5.41, 5.74) is -0.801. The van der Waals surface area contributed by atoms with Crippen LogP contribution in [0.1, 0.15) is 45.5 Å². The van der Waals surface area contributed by atoms with Gasteiger partial charge in [-0.05, 0) is 45.4 Å². The van der Waals surface area contributed by atoms with Crippen LogP contribution in [0.3, 0.4) is 0 Å². The number of halogens is 1. The molecule has 0 radical (unpaired) electrons. The van der Waals surface area contributed by atoms with Crippen molar-refractivity contribution in [3.8, 4) is 5.75 Å². The lowest BCUT2D eigenvalue weighted by Gasteiger charge is -2.32. The summed E-state index contributed by atoms with van der Waals surface area (Å²) < 4.78 is 25.4. The Kier molecular flexibility index (Phi) is 4.23. The van der Waals surface area contributed by atoms with Crippen molar-refractivity contribution in [2.45, 2.75) is 51.1 Å². The van der Waals surface area contributed by atoms with Crippen LogP contribution in [0.15, 0.2) is 18.2 Å². The first-order chi connectivity index (χ1) is 10.0. The molecule has 1 unspecified atom stereocenters. The van der Waals surface area contributed by atoms with Crippen LogP contribution in [0.4, 0.5) is 4.39 Å². The summed E-state index contributed by atoms with van der Waals surface area (Å²) in [6.45, 7) is 7.45. The first-order valence-electron chi connectivity index (χ1n) is 7.09. The number of carbonyl (C=O) groups is 1. The molecule has 1 saturated heterocycles. The van der Waals surface area contributed by atoms with Gasteiger partial charge < -0.3 is 19.5 Å². The quantitative estimate of drug-likeness (QED) is 0.836. The average molecular weight is 310 g/mol. The summed E-state index contributed by atoms with van der Waals surface area (Å²) in [6, 6.07) is 3.80. The summed E-state index contributed by atoms with van der Waals surface area (Å²) in [4.78, 5) is 11.2. The molecular formula is C15H20BFO5. The number of carboxylic acid groups (broad SMARTS) is 1. The normalized spacial score (nSPS) is 20.9. The Morgan fingerprint density at radius 1 is 1.27 bits per heavy atom. The summed E-state index contributed by atoms with van der Waals surface area (Å²) in [5.74, 6) is -2.99. The maximum absolute atomic E-state index is 13.6. The number of hydrogen-bond donors (Lipinski definition) is 2. The van der Waals surface area contributed by atoms with Crippen LogP contribution in [-0.4, -0.2) is 34.5 Å². The lowest BCUT2D eigenvalue weighted by atomic mass is 9.66. The highest BCUT2D eigenvalue weighted by molar-refractivity contribution is 6.48. The Morgan fingerprint density at radius 3 is 2.27 bits per heavy atom. The lowest BCUT2D eigenvalue weighted by molar-refractivity contribution is -0.137. The molecule has 1 aromatic carbocycles. The van der Waals surface area contributed by atoms with Gasteiger partial charge in [0.25, 0.3) is 0 Å². The topological polar surface area (TPSA) is 76.0 Å². The molecule has 120 valence electrons. The number of hydrogen-bond acceptors (Lipinski definition) is 4. The van der Waals surface area contributed by atoms with Crippen molar-refractivity contribution < 1.29 is 28.7 Å². The zero-order chi connectivity index (χ0) is 16.7. The first kappa shape index (κ1) is 16.8. The number of benzene rings is 1. The van der Waals surface area contributed by atoms with Gasteiger partial charge in [0.1, 0.15) is 0 Å². The van der Waals surface area contributed by atoms with Crippen LogP contribution in [0.25, 0.3) is 0 Å². The first-order valence-corrected chi connectivity index (χ1v) is 7.09. The van der Waals surface area contributed by atoms with Crippen LogP contribution in [-0.2, 0) is 14.1 Å². The molecule has 2 N–H and O–H groups in total. The Balaban J connectivity index is 2.35. The van der Waals surface area contributed by atoms with Gasteiger partial charge in [0.2, 0.25) is 0 Å². The third-order valence-corrected chi connectivity index (χ3v) is 4.39. The summed E-state index contributed by atoms with van der Waals surface area (Å²) in [7, 11) is -0.801. The van der Waals surface area contributed by atoms with Gasteiger partial charge in [0.15, 0.2) is 11.6 Å². The number of rotatable bonds is 4. The number of aliphatic carboxylic acids is 1. The number of aromatic hydroxyl groups is 1. The van der Waals surface area contributed by atoms with Crippen molar-refractivity contribution in [3.63, 3.8) is 0 Å². The van der Waals surface area contributed by atoms with Gasteiger partial charge in [0, 0.05) is 5.82 Å². The van der Waals surface area contributed by atoms with Crippen molar-refractivity contribution in [2.75, 3.05) is 0 Å². The van der Waals surface area contributed by atoms with E-state index in [1.807, 2.05) is 27.7 Å². The molecule has 0 amide bonds. The van der Waals surface area contributed by atoms with Crippen LogP contribution < -0.4 is 0 Å². The van der Waals surface area contributed by atoms with Crippen molar-refractivity contribution in [2.24, 2.45) is 0 Å². The minimum atomic E-state index is -1.03. The molecule has 0 spiro atoms. The molecule has 1 aliphatic heterocycles. The third kappa shape index (κ3) is 3.10. The van der Waals surface area contributed by atoms with E-state index in [9.17, 15) is 14.3 Å². The van der Waals surface area contributed by atoms with Gasteiger partial charge in [-0.25, -0.2) is 4.39 Å². The van der Waals surface area contributed by atoms with E-state index in [2.05, 4.69) is 0 Å². The minimum absolute atomic E-state index is 0.263. The number of carboxylic acids is 1. The summed E-state index contributed by atoms with van der Waals surface area (Å²) in [5, 5.41) is 18.4. The molecule has 22 heavy (non-hydrogen) atoms. The van der Waals surface area contributed by atoms with E-state index in [1.54, 1.807) is 0 Å². The van der Waals surface area contributed by atoms with Gasteiger partial charge in [-0.2, -0.15) is 0 Å². The van der Waals surface area contributed by atoms with E-state index in [4.69, 9.17) is 14.4 Å². The number of phenolic OH excluding ortho intramolecular Hbond substituents is 1. The number of phenols is 1. The zero-order valence-corrected chi connectivity index (χ0v) is 13.1. The third-order valence-electron chi connectivity index (χ3n) is 4.39. The standard InChI is InChI=1S/C15H20BFO5/c1-14(2)15(3,4)22-16(21-14)10(8-13(19)20)9-5-6-12(18)11(17)7-9/h5-7,10,18H,8H2,1-4H3,(H,19,20). The van der Waals surface area contributed by atoms with Crippen molar-refractivity contribution in [1.82, 2.24) is 0 Å². The van der Waals surface area contributed by atoms with Crippen molar-refractivity contribution in [3.05, 3.63) is 29.6 Å². The smallest absolute Gasteiger partial charge is 0.466 e. The highest BCUT2D eigenvalue weighted by atomic mass is 19.1. The molecule has 1 heterocycles. The predicted octanol–water partition coefficient (Wildman–Crippen LogP) is 2.72. The van der Waals surface area contributed by atoms with Gasteiger partial charge >= 0.3 is 13.1 Å². The monoisotopic (exact) mass is 310 g/mol. The van der Waals surface area contributed by atoms with E-state index in [0.717, 1.165) is 6.07 Å². The zero-order valence-electron chi connectivity index (χ0n) is 13.1. The molecule has 0 aromatic heterocycles. The molecular weight excluding hydrogens is 290 g/mol. The maximum Gasteiger partial charge on any atom is 0.466 e. The molecule has 0 bridgehead atoms. The van der Waals surface area contributed by atoms with Crippen LogP contribution in [0.2, 0.25) is 0 Å². The van der Waals surface area contributed by atoms with E-state index in [1.165, 1.54) is 12.1 Å². The van der Waals surface area contributed by atoms with Gasteiger partial charge in [0.05, 0.1) is 17.6 Å². The Labute approximate surface area is 129 Å². The Bertz CT molecular complexity index is 571. The maximum atomic E-state index is 13.6. The van der Waals surface area contributed by atoms with Crippen molar-refractivity contribution in [1.29, 1.82) is 0 Å². The Morgan fingerprint density at radius 2 is 1.82 bits per heavy atom. The van der Waals surface area contributed by atoms with Gasteiger partial charge in [-0.1, -0.05) is 6.07 Å². The molecule has 1 aliphatic rings. The molecule has 0 aliphatic carbocycles. The molecule has 1 atom stereocenters. The van der Waals surface area contributed by atoms with Gasteiger partial charge in [-0.3, -0.25) is 4.79 Å². The Hall–Kier alpha value is -1.60. The van der Waals surface area contributed by atoms with Crippen LogP contribution >= 0.6 is 0 Å². The van der Waals surface area contributed by atoms with Crippen LogP contribution in [0.5, 0.6) is 5.75 Å². The lowest BCUT2D eigenvalue weighted by Crippen LogP contribution is -2.41. The fourth-order valence-electron chi connectivity index (χ4n) is 2.37. The molecule has 2 rings (SSSR count). The average Bonchev–Trinajstić information content (AvgIpc) is 2.59. The molecule has 5 nitrogen and oxygen atoms in total. The fraction of sp³-hybridized carbons (Fsp3) is 0.533.